The van der Waals surface area contributed by atoms with E-state index in [2.05, 4.69) is 0 Å². The van der Waals surface area contributed by atoms with Crippen molar-refractivity contribution in [1.29, 1.82) is 0 Å². The van der Waals surface area contributed by atoms with Crippen LogP contribution in [0, 0.1) is 5.41 Å². The first-order valence-electron chi connectivity index (χ1n) is 4.10. The van der Waals surface area contributed by atoms with Gasteiger partial charge in [-0.05, 0) is 6.42 Å². The molecule has 16 heavy (non-hydrogen) atoms. The third kappa shape index (κ3) is 17.9. The zero-order valence-corrected chi connectivity index (χ0v) is 15.1. The molecule has 0 unspecified atom stereocenters. The van der Waals surface area contributed by atoms with E-state index in [0.29, 0.717) is 19.3 Å². The van der Waals surface area contributed by atoms with E-state index in [1.807, 2.05) is 6.29 Å². The van der Waals surface area contributed by atoms with E-state index in [1.165, 1.54) is 0 Å². The van der Waals surface area contributed by atoms with E-state index >= 15 is 0 Å². The molecule has 0 aliphatic rings. The number of hydrogen-bond acceptors (Lipinski definition) is 5. The van der Waals surface area contributed by atoms with Crippen LogP contribution in [0.4, 0.5) is 0 Å². The second kappa shape index (κ2) is 11.6. The van der Waals surface area contributed by atoms with Gasteiger partial charge >= 0.3 is 59.1 Å². The Balaban J connectivity index is -0.000000240. The summed E-state index contributed by atoms with van der Waals surface area (Å²) in [6.07, 6.45) is 3.30. The van der Waals surface area contributed by atoms with Crippen molar-refractivity contribution in [2.45, 2.75) is 33.1 Å². The minimum atomic E-state index is -4.10. The molecule has 0 aliphatic carbocycles. The van der Waals surface area contributed by atoms with E-state index in [1.54, 1.807) is 13.8 Å². The maximum Gasteiger partial charge on any atom is 1.00 e. The second-order valence-corrected chi connectivity index (χ2v) is 5.23. The summed E-state index contributed by atoms with van der Waals surface area (Å²) < 4.78 is 30.6. The van der Waals surface area contributed by atoms with Crippen LogP contribution in [0.5, 0.6) is 0 Å². The first-order valence-corrected chi connectivity index (χ1v) is 5.67. The van der Waals surface area contributed by atoms with E-state index in [4.69, 9.17) is 0 Å². The Hall–Kier alpha value is 1.54. The van der Waals surface area contributed by atoms with Gasteiger partial charge in [0.25, 0.3) is 0 Å². The van der Waals surface area contributed by atoms with Crippen LogP contribution in [-0.4, -0.2) is 30.5 Å². The van der Waals surface area contributed by atoms with Crippen molar-refractivity contribution in [2.75, 3.05) is 5.75 Å². The number of carbonyl (C=O) groups excluding carboxylic acids is 1. The van der Waals surface area contributed by atoms with Gasteiger partial charge in [-0.3, -0.25) is 6.29 Å². The molecular formula is C8H15Na2O5S-. The van der Waals surface area contributed by atoms with E-state index < -0.39 is 15.5 Å². The number of hydrogen-bond donors (Lipinski definition) is 0. The molecule has 0 heterocycles. The van der Waals surface area contributed by atoms with Gasteiger partial charge in [0, 0.05) is 5.75 Å². The van der Waals surface area contributed by atoms with Gasteiger partial charge < -0.3 is 14.8 Å². The molecule has 1 N–H and O–H groups in total. The van der Waals surface area contributed by atoms with Gasteiger partial charge in [-0.25, -0.2) is 8.42 Å². The largest absolute Gasteiger partial charge is 1.00 e. The first-order chi connectivity index (χ1) is 5.77. The minimum absolute atomic E-state index is 0. The van der Waals surface area contributed by atoms with Crippen molar-refractivity contribution in [3.63, 3.8) is 0 Å². The molecular weight excluding hydrogens is 254 g/mol. The Labute approximate surface area is 141 Å². The summed E-state index contributed by atoms with van der Waals surface area (Å²) in [6, 6.07) is 0. The fourth-order valence-electron chi connectivity index (χ4n) is 0.897. The molecule has 0 amide bonds. The van der Waals surface area contributed by atoms with Crippen LogP contribution in [-0.2, 0) is 14.9 Å². The molecule has 0 spiro atoms. The van der Waals surface area contributed by atoms with E-state index in [-0.39, 0.29) is 70.3 Å². The Bertz CT molecular complexity index is 264. The molecule has 0 aliphatic heterocycles. The van der Waals surface area contributed by atoms with Crippen LogP contribution in [0.3, 0.4) is 0 Å². The van der Waals surface area contributed by atoms with Crippen molar-refractivity contribution in [1.82, 2.24) is 0 Å². The van der Waals surface area contributed by atoms with Crippen LogP contribution >= 0.6 is 0 Å². The second-order valence-electron chi connectivity index (χ2n) is 3.70. The average Bonchev–Trinajstić information content (AvgIpc) is 1.97. The predicted octanol–water partition coefficient (Wildman–Crippen LogP) is -5.33. The minimum Gasteiger partial charge on any atom is -0.870 e. The Morgan fingerprint density at radius 2 is 1.62 bits per heavy atom. The molecule has 8 heteroatoms. The normalized spacial score (nSPS) is 10.4. The molecule has 86 valence electrons. The van der Waals surface area contributed by atoms with Gasteiger partial charge in [0.1, 0.15) is 0 Å². The molecule has 0 saturated carbocycles. The maximum absolute atomic E-state index is 10.3. The van der Waals surface area contributed by atoms with Gasteiger partial charge in [0.2, 0.25) is 0 Å². The Morgan fingerprint density at radius 3 is 1.94 bits per heavy atom. The summed E-state index contributed by atoms with van der Waals surface area (Å²) in [6.45, 7) is 3.46. The molecule has 0 aromatic heterocycles. The van der Waals surface area contributed by atoms with Crippen molar-refractivity contribution in [3.05, 3.63) is 0 Å². The smallest absolute Gasteiger partial charge is 0.870 e. The molecule has 0 fully saturated rings. The van der Waals surface area contributed by atoms with Gasteiger partial charge in [-0.15, -0.1) is 5.41 Å². The van der Waals surface area contributed by atoms with Crippen LogP contribution in [0.15, 0.2) is 0 Å². The summed E-state index contributed by atoms with van der Waals surface area (Å²) in [4.78, 5) is 10.3. The van der Waals surface area contributed by atoms with Crippen molar-refractivity contribution >= 4 is 16.4 Å². The number of unbranched alkanes of at least 4 members (excludes halogenated alkanes) is 1. The summed E-state index contributed by atoms with van der Waals surface area (Å²) in [7, 11) is -4.10. The van der Waals surface area contributed by atoms with Crippen molar-refractivity contribution in [3.8, 4) is 0 Å². The van der Waals surface area contributed by atoms with Crippen LogP contribution in [0.2, 0.25) is 0 Å². The standard InChI is InChI=1S/C8H15O4S.2Na.H2O/c1-8(2,7-9)5-3-4-6-13(10,11)12;;;/h3-6H2,1-2H3,(H,10,11,12);;;1H2/q-1;2*+1;/p-2. The average molecular weight is 269 g/mol. The summed E-state index contributed by atoms with van der Waals surface area (Å²) in [5, 5.41) is 0. The zero-order valence-electron chi connectivity index (χ0n) is 10.3. The maximum atomic E-state index is 10.3. The zero-order chi connectivity index (χ0) is 10.5. The van der Waals surface area contributed by atoms with Gasteiger partial charge in [0.15, 0.2) is 0 Å². The summed E-state index contributed by atoms with van der Waals surface area (Å²) in [5.41, 5.74) is -0.535. The fourth-order valence-corrected chi connectivity index (χ4v) is 1.45. The third-order valence-corrected chi connectivity index (χ3v) is 2.51. The quantitative estimate of drug-likeness (QED) is 0.207. The predicted molar refractivity (Wildman–Crippen MR) is 49.8 cm³/mol. The Kier molecular flexibility index (Phi) is 19.0. The first kappa shape index (κ1) is 26.2. The Morgan fingerprint density at radius 1 is 1.19 bits per heavy atom. The summed E-state index contributed by atoms with van der Waals surface area (Å²) >= 11 is 0. The summed E-state index contributed by atoms with van der Waals surface area (Å²) in [5.74, 6) is -0.345. The SMILES string of the molecule is CC(C)([C-]=O)CCCCS(=O)(=O)[O-].[Na+].[Na+].[OH-]. The molecule has 5 nitrogen and oxygen atoms in total. The fraction of sp³-hybridized carbons (Fsp3) is 0.875. The van der Waals surface area contributed by atoms with Gasteiger partial charge in [-0.2, -0.15) is 0 Å². The molecule has 0 radical (unpaired) electrons. The van der Waals surface area contributed by atoms with Crippen molar-refractivity contribution in [2.24, 2.45) is 5.41 Å². The van der Waals surface area contributed by atoms with E-state index in [9.17, 15) is 17.8 Å². The van der Waals surface area contributed by atoms with Gasteiger partial charge in [-0.1, -0.05) is 26.7 Å². The molecule has 0 aromatic rings. The van der Waals surface area contributed by atoms with E-state index in [0.717, 1.165) is 0 Å². The van der Waals surface area contributed by atoms with Crippen LogP contribution < -0.4 is 59.1 Å². The topological polar surface area (TPSA) is 104 Å². The van der Waals surface area contributed by atoms with Crippen LogP contribution in [0.25, 0.3) is 0 Å². The molecule has 0 atom stereocenters. The van der Waals surface area contributed by atoms with Crippen LogP contribution in [0.1, 0.15) is 33.1 Å². The monoisotopic (exact) mass is 269 g/mol. The molecule has 0 aromatic carbocycles. The van der Waals surface area contributed by atoms with Gasteiger partial charge in [0.05, 0.1) is 10.1 Å². The third-order valence-electron chi connectivity index (χ3n) is 1.72. The molecule has 0 bridgehead atoms. The van der Waals surface area contributed by atoms with Crippen molar-refractivity contribution < 1.29 is 82.4 Å². The molecule has 0 rings (SSSR count). The molecule has 0 saturated heterocycles. The number of rotatable bonds is 6.